The summed E-state index contributed by atoms with van der Waals surface area (Å²) in [6.07, 6.45) is 0.813. The molecule has 1 N–H and O–H groups in total. The van der Waals surface area contributed by atoms with Crippen LogP contribution in [0.2, 0.25) is 0 Å². The van der Waals surface area contributed by atoms with Gasteiger partial charge in [-0.25, -0.2) is 9.78 Å². The molecule has 1 aliphatic rings. The van der Waals surface area contributed by atoms with Crippen molar-refractivity contribution in [3.63, 3.8) is 0 Å². The second-order valence-corrected chi connectivity index (χ2v) is 5.39. The highest BCUT2D eigenvalue weighted by Gasteiger charge is 2.27. The van der Waals surface area contributed by atoms with Gasteiger partial charge in [0.2, 0.25) is 5.88 Å². The van der Waals surface area contributed by atoms with Gasteiger partial charge in [-0.3, -0.25) is 0 Å². The summed E-state index contributed by atoms with van der Waals surface area (Å²) in [6, 6.07) is 15.1. The SMILES string of the molecule is Cc1cccc(OC2CCN(C(=O)Nc3ccccc3)C2)n1. The Labute approximate surface area is 129 Å². The zero-order valence-corrected chi connectivity index (χ0v) is 12.5. The van der Waals surface area contributed by atoms with E-state index in [4.69, 9.17) is 4.74 Å². The number of hydrogen-bond donors (Lipinski definition) is 1. The van der Waals surface area contributed by atoms with Crippen molar-refractivity contribution in [1.82, 2.24) is 9.88 Å². The van der Waals surface area contributed by atoms with Gasteiger partial charge < -0.3 is 15.0 Å². The van der Waals surface area contributed by atoms with E-state index in [1.807, 2.05) is 55.5 Å². The Hall–Kier alpha value is -2.56. The topological polar surface area (TPSA) is 54.5 Å². The number of rotatable bonds is 3. The summed E-state index contributed by atoms with van der Waals surface area (Å²) in [4.78, 5) is 18.3. The van der Waals surface area contributed by atoms with Gasteiger partial charge in [-0.1, -0.05) is 24.3 Å². The number of para-hydroxylation sites is 1. The molecule has 3 rings (SSSR count). The molecule has 1 atom stereocenters. The molecule has 2 heterocycles. The van der Waals surface area contributed by atoms with Gasteiger partial charge in [0, 0.05) is 30.4 Å². The summed E-state index contributed by atoms with van der Waals surface area (Å²) in [5.41, 5.74) is 1.73. The van der Waals surface area contributed by atoms with E-state index in [9.17, 15) is 4.79 Å². The molecule has 0 bridgehead atoms. The predicted molar refractivity (Wildman–Crippen MR) is 85.0 cm³/mol. The van der Waals surface area contributed by atoms with E-state index in [-0.39, 0.29) is 12.1 Å². The normalized spacial score (nSPS) is 17.3. The number of nitrogens with zero attached hydrogens (tertiary/aromatic N) is 2. The van der Waals surface area contributed by atoms with E-state index in [0.29, 0.717) is 19.0 Å². The van der Waals surface area contributed by atoms with Crippen LogP contribution in [0.4, 0.5) is 10.5 Å². The lowest BCUT2D eigenvalue weighted by Gasteiger charge is -2.17. The smallest absolute Gasteiger partial charge is 0.321 e. The van der Waals surface area contributed by atoms with Gasteiger partial charge in [-0.2, -0.15) is 0 Å². The van der Waals surface area contributed by atoms with Crippen LogP contribution < -0.4 is 10.1 Å². The first-order valence-electron chi connectivity index (χ1n) is 7.42. The van der Waals surface area contributed by atoms with Crippen molar-refractivity contribution in [1.29, 1.82) is 0 Å². The molecule has 2 amide bonds. The van der Waals surface area contributed by atoms with Crippen molar-refractivity contribution in [2.45, 2.75) is 19.4 Å². The fraction of sp³-hybridized carbons (Fsp3) is 0.294. The van der Waals surface area contributed by atoms with E-state index in [1.54, 1.807) is 4.90 Å². The lowest BCUT2D eigenvalue weighted by Crippen LogP contribution is -2.34. The van der Waals surface area contributed by atoms with Crippen LogP contribution in [0, 0.1) is 6.92 Å². The van der Waals surface area contributed by atoms with Crippen molar-refractivity contribution in [2.24, 2.45) is 0 Å². The molecule has 5 nitrogen and oxygen atoms in total. The van der Waals surface area contributed by atoms with E-state index in [2.05, 4.69) is 10.3 Å². The average Bonchev–Trinajstić information content (AvgIpc) is 2.97. The Morgan fingerprint density at radius 3 is 2.82 bits per heavy atom. The molecule has 5 heteroatoms. The van der Waals surface area contributed by atoms with Gasteiger partial charge in [0.1, 0.15) is 6.10 Å². The van der Waals surface area contributed by atoms with E-state index in [1.165, 1.54) is 0 Å². The first-order valence-corrected chi connectivity index (χ1v) is 7.42. The lowest BCUT2D eigenvalue weighted by atomic mass is 10.3. The summed E-state index contributed by atoms with van der Waals surface area (Å²) in [5.74, 6) is 0.621. The largest absolute Gasteiger partial charge is 0.472 e. The number of anilines is 1. The molecule has 1 aliphatic heterocycles. The van der Waals surface area contributed by atoms with Crippen molar-refractivity contribution in [3.05, 3.63) is 54.2 Å². The number of benzene rings is 1. The number of aryl methyl sites for hydroxylation is 1. The third-order valence-corrected chi connectivity index (χ3v) is 3.61. The van der Waals surface area contributed by atoms with Crippen LogP contribution in [0.25, 0.3) is 0 Å². The Balaban J connectivity index is 1.54. The number of carbonyl (C=O) groups excluding carboxylic acids is 1. The highest BCUT2D eigenvalue weighted by atomic mass is 16.5. The second-order valence-electron chi connectivity index (χ2n) is 5.39. The van der Waals surface area contributed by atoms with Crippen LogP contribution in [0.3, 0.4) is 0 Å². The minimum Gasteiger partial charge on any atom is -0.472 e. The van der Waals surface area contributed by atoms with Crippen molar-refractivity contribution in [3.8, 4) is 5.88 Å². The third kappa shape index (κ3) is 3.55. The molecule has 1 aromatic heterocycles. The molecule has 0 spiro atoms. The Morgan fingerprint density at radius 1 is 1.23 bits per heavy atom. The van der Waals surface area contributed by atoms with Gasteiger partial charge in [-0.05, 0) is 25.1 Å². The maximum Gasteiger partial charge on any atom is 0.321 e. The number of aromatic nitrogens is 1. The van der Waals surface area contributed by atoms with Crippen LogP contribution in [0.1, 0.15) is 12.1 Å². The Bertz CT molecular complexity index is 645. The van der Waals surface area contributed by atoms with Crippen molar-refractivity contribution < 1.29 is 9.53 Å². The highest BCUT2D eigenvalue weighted by Crippen LogP contribution is 2.18. The summed E-state index contributed by atoms with van der Waals surface area (Å²) in [6.45, 7) is 3.20. The predicted octanol–water partition coefficient (Wildman–Crippen LogP) is 3.08. The fourth-order valence-electron chi connectivity index (χ4n) is 2.49. The highest BCUT2D eigenvalue weighted by molar-refractivity contribution is 5.89. The van der Waals surface area contributed by atoms with E-state index >= 15 is 0 Å². The van der Waals surface area contributed by atoms with Gasteiger partial charge in [0.25, 0.3) is 0 Å². The maximum atomic E-state index is 12.2. The van der Waals surface area contributed by atoms with Gasteiger partial charge in [-0.15, -0.1) is 0 Å². The number of hydrogen-bond acceptors (Lipinski definition) is 3. The number of pyridine rings is 1. The van der Waals surface area contributed by atoms with Crippen LogP contribution in [0.15, 0.2) is 48.5 Å². The van der Waals surface area contributed by atoms with Crippen LogP contribution in [-0.4, -0.2) is 35.1 Å². The van der Waals surface area contributed by atoms with Gasteiger partial charge >= 0.3 is 6.03 Å². The fourth-order valence-corrected chi connectivity index (χ4v) is 2.49. The van der Waals surface area contributed by atoms with Crippen LogP contribution in [0.5, 0.6) is 5.88 Å². The number of urea groups is 1. The second kappa shape index (κ2) is 6.47. The third-order valence-electron chi connectivity index (χ3n) is 3.61. The minimum atomic E-state index is -0.0884. The number of amides is 2. The number of ether oxygens (including phenoxy) is 1. The molecule has 0 saturated carbocycles. The molecule has 0 radical (unpaired) electrons. The molecule has 2 aromatic rings. The molecule has 1 saturated heterocycles. The molecule has 1 aromatic carbocycles. The average molecular weight is 297 g/mol. The zero-order valence-electron chi connectivity index (χ0n) is 12.5. The zero-order chi connectivity index (χ0) is 15.4. The summed E-state index contributed by atoms with van der Waals surface area (Å²) >= 11 is 0. The first-order chi connectivity index (χ1) is 10.7. The van der Waals surface area contributed by atoms with Crippen LogP contribution >= 0.6 is 0 Å². The Morgan fingerprint density at radius 2 is 2.05 bits per heavy atom. The molecule has 1 unspecified atom stereocenters. The van der Waals surface area contributed by atoms with Crippen LogP contribution in [-0.2, 0) is 0 Å². The van der Waals surface area contributed by atoms with E-state index < -0.39 is 0 Å². The van der Waals surface area contributed by atoms with Crippen molar-refractivity contribution >= 4 is 11.7 Å². The lowest BCUT2D eigenvalue weighted by molar-refractivity contribution is 0.189. The number of carbonyl (C=O) groups is 1. The minimum absolute atomic E-state index is 0.00387. The number of nitrogens with one attached hydrogen (secondary N) is 1. The molecule has 1 fully saturated rings. The Kier molecular flexibility index (Phi) is 4.23. The standard InChI is InChI=1S/C17H19N3O2/c1-13-6-5-9-16(18-13)22-15-10-11-20(12-15)17(21)19-14-7-3-2-4-8-14/h2-9,15H,10-12H2,1H3,(H,19,21). The molecule has 0 aliphatic carbocycles. The quantitative estimate of drug-likeness (QED) is 0.947. The molecular formula is C17H19N3O2. The summed E-state index contributed by atoms with van der Waals surface area (Å²) in [7, 11) is 0. The monoisotopic (exact) mass is 297 g/mol. The number of likely N-dealkylation sites (tertiary alicyclic amines) is 1. The molecule has 114 valence electrons. The van der Waals surface area contributed by atoms with Gasteiger partial charge in [0.15, 0.2) is 0 Å². The van der Waals surface area contributed by atoms with Crippen molar-refractivity contribution in [2.75, 3.05) is 18.4 Å². The first kappa shape index (κ1) is 14.4. The van der Waals surface area contributed by atoms with E-state index in [0.717, 1.165) is 17.8 Å². The summed E-state index contributed by atoms with van der Waals surface area (Å²) in [5, 5.41) is 2.89. The summed E-state index contributed by atoms with van der Waals surface area (Å²) < 4.78 is 5.85. The molecular weight excluding hydrogens is 278 g/mol. The van der Waals surface area contributed by atoms with Gasteiger partial charge in [0.05, 0.1) is 6.54 Å². The molecule has 22 heavy (non-hydrogen) atoms. The maximum absolute atomic E-state index is 12.2.